The summed E-state index contributed by atoms with van der Waals surface area (Å²) in [7, 11) is 1.87. The highest BCUT2D eigenvalue weighted by Crippen LogP contribution is 2.27. The molecule has 2 aromatic heterocycles. The van der Waals surface area contributed by atoms with Gasteiger partial charge in [0.25, 0.3) is 0 Å². The molecule has 0 radical (unpaired) electrons. The van der Waals surface area contributed by atoms with Gasteiger partial charge < -0.3 is 0 Å². The number of thiazole rings is 1. The first-order valence-corrected chi connectivity index (χ1v) is 8.95. The van der Waals surface area contributed by atoms with Crippen LogP contribution in [0.3, 0.4) is 0 Å². The van der Waals surface area contributed by atoms with Gasteiger partial charge in [0.15, 0.2) is 5.13 Å². The first kappa shape index (κ1) is 17.1. The Morgan fingerprint density at radius 2 is 2.16 bits per heavy atom. The molecule has 6 heteroatoms. The van der Waals surface area contributed by atoms with Gasteiger partial charge in [-0.2, -0.15) is 5.10 Å². The van der Waals surface area contributed by atoms with Gasteiger partial charge in [0.2, 0.25) is 5.91 Å². The van der Waals surface area contributed by atoms with Crippen LogP contribution in [0.1, 0.15) is 12.0 Å². The Hall–Kier alpha value is -2.73. The molecule has 0 aliphatic carbocycles. The number of nitrogens with zero attached hydrogens (tertiary/aromatic N) is 4. The van der Waals surface area contributed by atoms with Gasteiger partial charge in [0.05, 0.1) is 11.9 Å². The normalized spacial score (nSPS) is 10.6. The van der Waals surface area contributed by atoms with Crippen molar-refractivity contribution in [1.82, 2.24) is 14.8 Å². The number of aryl methyl sites for hydroxylation is 2. The fourth-order valence-electron chi connectivity index (χ4n) is 2.53. The molecule has 0 atom stereocenters. The zero-order valence-electron chi connectivity index (χ0n) is 14.1. The molecule has 0 fully saturated rings. The van der Waals surface area contributed by atoms with E-state index < -0.39 is 0 Å². The summed E-state index contributed by atoms with van der Waals surface area (Å²) in [5.41, 5.74) is 2.99. The topological polar surface area (TPSA) is 51.0 Å². The predicted molar refractivity (Wildman–Crippen MR) is 102 cm³/mol. The Balaban J connectivity index is 1.73. The maximum atomic E-state index is 12.7. The number of carbonyl (C=O) groups is 1. The summed E-state index contributed by atoms with van der Waals surface area (Å²) < 4.78 is 1.74. The van der Waals surface area contributed by atoms with Crippen molar-refractivity contribution in [2.75, 3.05) is 11.4 Å². The van der Waals surface area contributed by atoms with E-state index in [2.05, 4.69) is 16.7 Å². The van der Waals surface area contributed by atoms with E-state index in [1.807, 2.05) is 49.0 Å². The molecule has 0 N–H and O–H groups in total. The van der Waals surface area contributed by atoms with Crippen molar-refractivity contribution < 1.29 is 4.79 Å². The van der Waals surface area contributed by atoms with Crippen LogP contribution >= 0.6 is 11.3 Å². The van der Waals surface area contributed by atoms with Crippen molar-refractivity contribution in [2.24, 2.45) is 7.05 Å². The maximum Gasteiger partial charge on any atom is 0.229 e. The number of carbonyl (C=O) groups excluding carboxylic acids is 1. The summed E-state index contributed by atoms with van der Waals surface area (Å²) in [6.45, 7) is 4.22. The molecule has 0 saturated heterocycles. The average Bonchev–Trinajstić information content (AvgIpc) is 3.27. The van der Waals surface area contributed by atoms with E-state index in [9.17, 15) is 4.79 Å². The molecule has 0 unspecified atom stereocenters. The van der Waals surface area contributed by atoms with Crippen LogP contribution in [0.4, 0.5) is 5.13 Å². The zero-order valence-corrected chi connectivity index (χ0v) is 14.9. The molecule has 0 aliphatic rings. The van der Waals surface area contributed by atoms with Gasteiger partial charge in [0.1, 0.15) is 0 Å². The van der Waals surface area contributed by atoms with Crippen LogP contribution in [0.5, 0.6) is 0 Å². The van der Waals surface area contributed by atoms with Gasteiger partial charge >= 0.3 is 0 Å². The van der Waals surface area contributed by atoms with Crippen molar-refractivity contribution in [3.63, 3.8) is 0 Å². The van der Waals surface area contributed by atoms with Crippen LogP contribution in [-0.2, 0) is 18.3 Å². The molecule has 2 heterocycles. The second-order valence-corrected chi connectivity index (χ2v) is 6.53. The number of hydrogen-bond acceptors (Lipinski definition) is 4. The molecule has 128 valence electrons. The third-order valence-corrected chi connectivity index (χ3v) is 4.65. The van der Waals surface area contributed by atoms with Crippen LogP contribution < -0.4 is 4.90 Å². The Kier molecular flexibility index (Phi) is 5.40. The van der Waals surface area contributed by atoms with Crippen molar-refractivity contribution in [1.29, 1.82) is 0 Å². The molecular weight excluding hydrogens is 332 g/mol. The molecule has 0 bridgehead atoms. The molecular formula is C19H20N4OS. The van der Waals surface area contributed by atoms with E-state index in [1.54, 1.807) is 21.9 Å². The minimum Gasteiger partial charge on any atom is -0.284 e. The summed E-state index contributed by atoms with van der Waals surface area (Å²) in [5, 5.41) is 6.82. The second-order valence-electron chi connectivity index (χ2n) is 5.70. The smallest absolute Gasteiger partial charge is 0.229 e. The summed E-state index contributed by atoms with van der Waals surface area (Å²) >= 11 is 1.48. The van der Waals surface area contributed by atoms with Crippen LogP contribution in [0.2, 0.25) is 0 Å². The number of anilines is 1. The van der Waals surface area contributed by atoms with E-state index in [1.165, 1.54) is 11.3 Å². The largest absolute Gasteiger partial charge is 0.284 e. The number of amides is 1. The lowest BCUT2D eigenvalue weighted by Crippen LogP contribution is -2.31. The van der Waals surface area contributed by atoms with Crippen LogP contribution in [0.25, 0.3) is 11.3 Å². The average molecular weight is 352 g/mol. The second kappa shape index (κ2) is 7.90. The highest BCUT2D eigenvalue weighted by molar-refractivity contribution is 7.14. The molecule has 25 heavy (non-hydrogen) atoms. The van der Waals surface area contributed by atoms with E-state index in [-0.39, 0.29) is 5.91 Å². The van der Waals surface area contributed by atoms with Crippen molar-refractivity contribution in [3.8, 4) is 11.3 Å². The third kappa shape index (κ3) is 4.22. The molecule has 3 rings (SSSR count). The Morgan fingerprint density at radius 1 is 1.36 bits per heavy atom. The monoisotopic (exact) mass is 352 g/mol. The standard InChI is InChI=1S/C19H20N4OS/c1-3-11-23(18(24)10-9-15-12-20-22(2)13-15)19-21-17(14-25-19)16-7-5-4-6-8-16/h3-8,12-14H,1,9-11H2,2H3. The summed E-state index contributed by atoms with van der Waals surface area (Å²) in [5.74, 6) is 0.0396. The van der Waals surface area contributed by atoms with E-state index in [4.69, 9.17) is 0 Å². The first-order valence-electron chi connectivity index (χ1n) is 8.07. The Labute approximate surface area is 151 Å². The van der Waals surface area contributed by atoms with Gasteiger partial charge in [-0.25, -0.2) is 4.98 Å². The van der Waals surface area contributed by atoms with Crippen LogP contribution in [0, 0.1) is 0 Å². The summed E-state index contributed by atoms with van der Waals surface area (Å²) in [6, 6.07) is 9.97. The molecule has 3 aromatic rings. The Bertz CT molecular complexity index is 853. The molecule has 0 aliphatic heterocycles. The summed E-state index contributed by atoms with van der Waals surface area (Å²) in [6.07, 6.45) is 6.53. The van der Waals surface area contributed by atoms with Crippen molar-refractivity contribution in [3.05, 3.63) is 66.3 Å². The predicted octanol–water partition coefficient (Wildman–Crippen LogP) is 3.70. The lowest BCUT2D eigenvalue weighted by molar-refractivity contribution is -0.118. The van der Waals surface area contributed by atoms with Crippen molar-refractivity contribution in [2.45, 2.75) is 12.8 Å². The molecule has 0 saturated carbocycles. The van der Waals surface area contributed by atoms with Gasteiger partial charge in [0, 0.05) is 37.2 Å². The number of hydrogen-bond donors (Lipinski definition) is 0. The van der Waals surface area contributed by atoms with Gasteiger partial charge in [-0.15, -0.1) is 17.9 Å². The third-order valence-electron chi connectivity index (χ3n) is 3.79. The minimum atomic E-state index is 0.0396. The zero-order chi connectivity index (χ0) is 17.6. The molecule has 0 spiro atoms. The lowest BCUT2D eigenvalue weighted by Gasteiger charge is -2.17. The van der Waals surface area contributed by atoms with E-state index in [0.29, 0.717) is 24.5 Å². The molecule has 1 amide bonds. The van der Waals surface area contributed by atoms with Crippen LogP contribution in [0.15, 0.2) is 60.8 Å². The highest BCUT2D eigenvalue weighted by atomic mass is 32.1. The molecule has 5 nitrogen and oxygen atoms in total. The van der Waals surface area contributed by atoms with Gasteiger partial charge in [-0.05, 0) is 12.0 Å². The number of aromatic nitrogens is 3. The van der Waals surface area contributed by atoms with Gasteiger partial charge in [-0.1, -0.05) is 36.4 Å². The fraction of sp³-hybridized carbons (Fsp3) is 0.211. The quantitative estimate of drug-likeness (QED) is 0.609. The SMILES string of the molecule is C=CCN(C(=O)CCc1cnn(C)c1)c1nc(-c2ccccc2)cs1. The molecule has 1 aromatic carbocycles. The lowest BCUT2D eigenvalue weighted by atomic mass is 10.2. The minimum absolute atomic E-state index is 0.0396. The number of rotatable bonds is 7. The van der Waals surface area contributed by atoms with E-state index >= 15 is 0 Å². The van der Waals surface area contributed by atoms with Crippen molar-refractivity contribution >= 4 is 22.4 Å². The van der Waals surface area contributed by atoms with Gasteiger partial charge in [-0.3, -0.25) is 14.4 Å². The van der Waals surface area contributed by atoms with Crippen LogP contribution in [-0.4, -0.2) is 27.2 Å². The Morgan fingerprint density at radius 3 is 2.84 bits per heavy atom. The highest BCUT2D eigenvalue weighted by Gasteiger charge is 2.18. The maximum absolute atomic E-state index is 12.7. The van der Waals surface area contributed by atoms with E-state index in [0.717, 1.165) is 16.8 Å². The first-order chi connectivity index (χ1) is 12.2. The summed E-state index contributed by atoms with van der Waals surface area (Å²) in [4.78, 5) is 19.0. The number of benzene rings is 1. The fourth-order valence-corrected chi connectivity index (χ4v) is 3.39.